The minimum Gasteiger partial charge on any atom is -0.456 e. The molecular formula is C17H13BrFNO4. The molecule has 2 aromatic carbocycles. The Morgan fingerprint density at radius 2 is 1.83 bits per heavy atom. The van der Waals surface area contributed by atoms with Gasteiger partial charge in [0.1, 0.15) is 12.4 Å². The van der Waals surface area contributed by atoms with Crippen molar-refractivity contribution in [1.82, 2.24) is 5.32 Å². The molecule has 0 radical (unpaired) electrons. The van der Waals surface area contributed by atoms with Crippen LogP contribution in [0.1, 0.15) is 20.7 Å². The van der Waals surface area contributed by atoms with Gasteiger partial charge in [0.2, 0.25) is 0 Å². The lowest BCUT2D eigenvalue weighted by Gasteiger charge is -2.07. The first-order valence-electron chi connectivity index (χ1n) is 6.94. The number of amides is 1. The number of esters is 1. The van der Waals surface area contributed by atoms with E-state index in [0.29, 0.717) is 10.0 Å². The highest BCUT2D eigenvalue weighted by Crippen LogP contribution is 2.15. The molecule has 0 saturated carbocycles. The van der Waals surface area contributed by atoms with Gasteiger partial charge in [-0.05, 0) is 40.2 Å². The monoisotopic (exact) mass is 393 g/mol. The lowest BCUT2D eigenvalue weighted by atomic mass is 10.1. The SMILES string of the molecule is O=C(CNC(=O)c1ccccc1Br)OCC(=O)c1cccc(F)c1. The number of rotatable bonds is 6. The Morgan fingerprint density at radius 3 is 2.54 bits per heavy atom. The van der Waals surface area contributed by atoms with Gasteiger partial charge in [0, 0.05) is 10.0 Å². The summed E-state index contributed by atoms with van der Waals surface area (Å²) >= 11 is 3.23. The van der Waals surface area contributed by atoms with Crippen molar-refractivity contribution in [2.45, 2.75) is 0 Å². The van der Waals surface area contributed by atoms with Crippen molar-refractivity contribution < 1.29 is 23.5 Å². The molecule has 0 spiro atoms. The Bertz CT molecular complexity index is 779. The molecule has 0 aromatic heterocycles. The van der Waals surface area contributed by atoms with Crippen molar-refractivity contribution in [3.63, 3.8) is 0 Å². The molecule has 0 aliphatic heterocycles. The molecule has 0 atom stereocenters. The van der Waals surface area contributed by atoms with Gasteiger partial charge in [-0.1, -0.05) is 24.3 Å². The van der Waals surface area contributed by atoms with Crippen molar-refractivity contribution >= 4 is 33.6 Å². The van der Waals surface area contributed by atoms with E-state index in [0.717, 1.165) is 6.07 Å². The highest BCUT2D eigenvalue weighted by atomic mass is 79.9. The van der Waals surface area contributed by atoms with Gasteiger partial charge in [-0.15, -0.1) is 0 Å². The zero-order chi connectivity index (χ0) is 17.5. The number of hydrogen-bond acceptors (Lipinski definition) is 4. The molecule has 0 saturated heterocycles. The van der Waals surface area contributed by atoms with E-state index in [1.54, 1.807) is 24.3 Å². The van der Waals surface area contributed by atoms with Crippen LogP contribution in [0.4, 0.5) is 4.39 Å². The Labute approximate surface area is 145 Å². The average molecular weight is 394 g/mol. The van der Waals surface area contributed by atoms with Crippen LogP contribution >= 0.6 is 15.9 Å². The fourth-order valence-electron chi connectivity index (χ4n) is 1.84. The molecule has 1 amide bonds. The summed E-state index contributed by atoms with van der Waals surface area (Å²) in [4.78, 5) is 35.3. The minimum absolute atomic E-state index is 0.111. The van der Waals surface area contributed by atoms with E-state index in [9.17, 15) is 18.8 Å². The first-order chi connectivity index (χ1) is 11.5. The number of carbonyl (C=O) groups is 3. The predicted octanol–water partition coefficient (Wildman–Crippen LogP) is 2.74. The third-order valence-electron chi connectivity index (χ3n) is 3.02. The summed E-state index contributed by atoms with van der Waals surface area (Å²) in [5.41, 5.74) is 0.487. The van der Waals surface area contributed by atoms with Crippen LogP contribution in [0.2, 0.25) is 0 Å². The number of ether oxygens (including phenoxy) is 1. The second-order valence-corrected chi connectivity index (χ2v) is 5.61. The molecule has 2 rings (SSSR count). The molecule has 0 heterocycles. The minimum atomic E-state index is -0.764. The predicted molar refractivity (Wildman–Crippen MR) is 88.2 cm³/mol. The molecule has 5 nitrogen and oxygen atoms in total. The van der Waals surface area contributed by atoms with Crippen LogP contribution in [-0.2, 0) is 9.53 Å². The number of nitrogens with one attached hydrogen (secondary N) is 1. The van der Waals surface area contributed by atoms with Gasteiger partial charge < -0.3 is 10.1 Å². The zero-order valence-corrected chi connectivity index (χ0v) is 14.0. The Hall–Kier alpha value is -2.54. The van der Waals surface area contributed by atoms with E-state index in [4.69, 9.17) is 4.74 Å². The van der Waals surface area contributed by atoms with Crippen LogP contribution in [0.3, 0.4) is 0 Å². The molecule has 0 aliphatic rings. The number of Topliss-reactive ketones (excluding diaryl/α,β-unsaturated/α-hetero) is 1. The summed E-state index contributed by atoms with van der Waals surface area (Å²) < 4.78 is 18.4. The molecular weight excluding hydrogens is 381 g/mol. The summed E-state index contributed by atoms with van der Waals surface area (Å²) in [5, 5.41) is 2.40. The quantitative estimate of drug-likeness (QED) is 0.604. The maximum absolute atomic E-state index is 13.0. The van der Waals surface area contributed by atoms with Crippen molar-refractivity contribution in [3.8, 4) is 0 Å². The fourth-order valence-corrected chi connectivity index (χ4v) is 2.30. The van der Waals surface area contributed by atoms with Crippen molar-refractivity contribution in [3.05, 3.63) is 69.9 Å². The summed E-state index contributed by atoms with van der Waals surface area (Å²) in [5.74, 6) is -2.29. The Balaban J connectivity index is 1.80. The second-order valence-electron chi connectivity index (χ2n) is 4.76. The number of hydrogen-bond donors (Lipinski definition) is 1. The van der Waals surface area contributed by atoms with E-state index < -0.39 is 30.1 Å². The van der Waals surface area contributed by atoms with Crippen LogP contribution in [0.15, 0.2) is 53.0 Å². The van der Waals surface area contributed by atoms with E-state index in [1.165, 1.54) is 18.2 Å². The largest absolute Gasteiger partial charge is 0.456 e. The summed E-state index contributed by atoms with van der Waals surface area (Å²) in [6.07, 6.45) is 0. The smallest absolute Gasteiger partial charge is 0.325 e. The van der Waals surface area contributed by atoms with Gasteiger partial charge in [-0.25, -0.2) is 4.39 Å². The van der Waals surface area contributed by atoms with Crippen molar-refractivity contribution in [1.29, 1.82) is 0 Å². The first-order valence-corrected chi connectivity index (χ1v) is 7.74. The Kier molecular flexibility index (Phi) is 6.20. The fraction of sp³-hybridized carbons (Fsp3) is 0.118. The van der Waals surface area contributed by atoms with Crippen LogP contribution in [0.5, 0.6) is 0 Å². The second kappa shape index (κ2) is 8.35. The third-order valence-corrected chi connectivity index (χ3v) is 3.71. The van der Waals surface area contributed by atoms with Crippen LogP contribution in [-0.4, -0.2) is 30.8 Å². The lowest BCUT2D eigenvalue weighted by Crippen LogP contribution is -2.31. The maximum atomic E-state index is 13.0. The van der Waals surface area contributed by atoms with Crippen molar-refractivity contribution in [2.24, 2.45) is 0 Å². The molecule has 24 heavy (non-hydrogen) atoms. The molecule has 0 unspecified atom stereocenters. The average Bonchev–Trinajstić information content (AvgIpc) is 2.58. The van der Waals surface area contributed by atoms with E-state index in [2.05, 4.69) is 21.2 Å². The summed E-state index contributed by atoms with van der Waals surface area (Å²) in [6, 6.07) is 11.8. The number of ketones is 1. The van der Waals surface area contributed by atoms with Gasteiger partial charge >= 0.3 is 5.97 Å². The maximum Gasteiger partial charge on any atom is 0.325 e. The number of carbonyl (C=O) groups excluding carboxylic acids is 3. The highest BCUT2D eigenvalue weighted by molar-refractivity contribution is 9.10. The third kappa shape index (κ3) is 4.99. The number of halogens is 2. The molecule has 0 aliphatic carbocycles. The zero-order valence-electron chi connectivity index (χ0n) is 12.4. The summed E-state index contributed by atoms with van der Waals surface area (Å²) in [7, 11) is 0. The molecule has 2 aromatic rings. The van der Waals surface area contributed by atoms with Crippen LogP contribution in [0.25, 0.3) is 0 Å². The van der Waals surface area contributed by atoms with E-state index in [1.807, 2.05) is 0 Å². The Morgan fingerprint density at radius 1 is 1.08 bits per heavy atom. The molecule has 124 valence electrons. The molecule has 0 bridgehead atoms. The van der Waals surface area contributed by atoms with Gasteiger partial charge in [-0.3, -0.25) is 14.4 Å². The van der Waals surface area contributed by atoms with Gasteiger partial charge in [0.05, 0.1) is 5.56 Å². The molecule has 1 N–H and O–H groups in total. The molecule has 0 fully saturated rings. The normalized spacial score (nSPS) is 10.1. The van der Waals surface area contributed by atoms with Crippen LogP contribution in [0, 0.1) is 5.82 Å². The number of benzene rings is 2. The molecule has 7 heteroatoms. The highest BCUT2D eigenvalue weighted by Gasteiger charge is 2.13. The van der Waals surface area contributed by atoms with Crippen molar-refractivity contribution in [2.75, 3.05) is 13.2 Å². The van der Waals surface area contributed by atoms with Gasteiger partial charge in [-0.2, -0.15) is 0 Å². The van der Waals surface area contributed by atoms with Crippen LogP contribution < -0.4 is 5.32 Å². The topological polar surface area (TPSA) is 72.5 Å². The van der Waals surface area contributed by atoms with Gasteiger partial charge in [0.15, 0.2) is 12.4 Å². The lowest BCUT2D eigenvalue weighted by molar-refractivity contribution is -0.141. The van der Waals surface area contributed by atoms with Gasteiger partial charge in [0.25, 0.3) is 5.91 Å². The van der Waals surface area contributed by atoms with E-state index >= 15 is 0 Å². The standard InChI is InChI=1S/C17H13BrFNO4/c18-14-7-2-1-6-13(14)17(23)20-9-16(22)24-10-15(21)11-4-3-5-12(19)8-11/h1-8H,9-10H2,(H,20,23). The summed E-state index contributed by atoms with van der Waals surface area (Å²) in [6.45, 7) is -0.899. The first kappa shape index (κ1) is 17.8. The van der Waals surface area contributed by atoms with E-state index in [-0.39, 0.29) is 12.1 Å².